The number of nitrogens with one attached hydrogen (secondary N) is 1. The molecular formula is C15H16N2O4. The van der Waals surface area contributed by atoms with Crippen LogP contribution in [0.25, 0.3) is 0 Å². The highest BCUT2D eigenvalue weighted by atomic mass is 16.5. The molecule has 0 atom stereocenters. The van der Waals surface area contributed by atoms with Crippen LogP contribution in [0.2, 0.25) is 0 Å². The van der Waals surface area contributed by atoms with E-state index >= 15 is 0 Å². The molecule has 6 heteroatoms. The minimum atomic E-state index is -0.306. The summed E-state index contributed by atoms with van der Waals surface area (Å²) in [5.74, 6) is 0.889. The Hall–Kier alpha value is -2.76. The van der Waals surface area contributed by atoms with Gasteiger partial charge in [-0.2, -0.15) is 0 Å². The number of rotatable bonds is 5. The Balaban J connectivity index is 2.37. The van der Waals surface area contributed by atoms with E-state index < -0.39 is 0 Å². The maximum atomic E-state index is 12.4. The van der Waals surface area contributed by atoms with Crippen LogP contribution >= 0.6 is 0 Å². The van der Waals surface area contributed by atoms with Crippen LogP contribution in [0.1, 0.15) is 10.4 Å². The van der Waals surface area contributed by atoms with Crippen molar-refractivity contribution in [1.82, 2.24) is 4.98 Å². The quantitative estimate of drug-likeness (QED) is 0.914. The molecule has 1 heterocycles. The normalized spacial score (nSPS) is 9.86. The van der Waals surface area contributed by atoms with Crippen molar-refractivity contribution in [3.05, 3.63) is 42.2 Å². The van der Waals surface area contributed by atoms with E-state index in [1.54, 1.807) is 36.7 Å². The second-order valence-corrected chi connectivity index (χ2v) is 4.07. The number of carbonyl (C=O) groups is 1. The van der Waals surface area contributed by atoms with Crippen molar-refractivity contribution in [2.24, 2.45) is 0 Å². The second kappa shape index (κ2) is 6.60. The average Bonchev–Trinajstić information content (AvgIpc) is 2.53. The third kappa shape index (κ3) is 3.05. The summed E-state index contributed by atoms with van der Waals surface area (Å²) in [6.07, 6.45) is 3.20. The summed E-state index contributed by atoms with van der Waals surface area (Å²) >= 11 is 0. The number of benzene rings is 1. The molecule has 0 fully saturated rings. The molecule has 6 nitrogen and oxygen atoms in total. The van der Waals surface area contributed by atoms with E-state index in [0.29, 0.717) is 28.5 Å². The third-order valence-corrected chi connectivity index (χ3v) is 2.89. The van der Waals surface area contributed by atoms with Gasteiger partial charge in [-0.05, 0) is 24.3 Å². The fourth-order valence-corrected chi connectivity index (χ4v) is 1.91. The van der Waals surface area contributed by atoms with Crippen LogP contribution in [0.15, 0.2) is 36.7 Å². The fourth-order valence-electron chi connectivity index (χ4n) is 1.91. The summed E-state index contributed by atoms with van der Waals surface area (Å²) in [6, 6.07) is 6.68. The van der Waals surface area contributed by atoms with Crippen LogP contribution < -0.4 is 19.5 Å². The molecule has 21 heavy (non-hydrogen) atoms. The van der Waals surface area contributed by atoms with E-state index in [-0.39, 0.29) is 5.91 Å². The molecule has 2 aromatic rings. The Labute approximate surface area is 122 Å². The molecule has 0 bridgehead atoms. The molecule has 110 valence electrons. The SMILES string of the molecule is COc1ccc(C(=O)Nc2ccncc2)c(OC)c1OC. The monoisotopic (exact) mass is 288 g/mol. The van der Waals surface area contributed by atoms with Gasteiger partial charge in [-0.1, -0.05) is 0 Å². The zero-order valence-corrected chi connectivity index (χ0v) is 12.0. The Kier molecular flexibility index (Phi) is 4.61. The Bertz CT molecular complexity index is 629. The summed E-state index contributed by atoms with van der Waals surface area (Å²) in [5, 5.41) is 2.77. The lowest BCUT2D eigenvalue weighted by molar-refractivity contribution is 0.102. The van der Waals surface area contributed by atoms with Gasteiger partial charge in [0.05, 0.1) is 26.9 Å². The topological polar surface area (TPSA) is 69.7 Å². The minimum absolute atomic E-state index is 0.306. The molecule has 0 saturated carbocycles. The van der Waals surface area contributed by atoms with Crippen molar-refractivity contribution in [3.63, 3.8) is 0 Å². The average molecular weight is 288 g/mol. The number of aromatic nitrogens is 1. The number of pyridine rings is 1. The van der Waals surface area contributed by atoms with Crippen LogP contribution in [-0.4, -0.2) is 32.2 Å². The number of ether oxygens (including phenoxy) is 3. The van der Waals surface area contributed by atoms with Gasteiger partial charge >= 0.3 is 0 Å². The Morgan fingerprint density at radius 3 is 2.19 bits per heavy atom. The molecule has 0 unspecified atom stereocenters. The van der Waals surface area contributed by atoms with Crippen molar-refractivity contribution in [1.29, 1.82) is 0 Å². The van der Waals surface area contributed by atoms with Gasteiger partial charge in [0.1, 0.15) is 0 Å². The highest BCUT2D eigenvalue weighted by Crippen LogP contribution is 2.39. The number of methoxy groups -OCH3 is 3. The number of carbonyl (C=O) groups excluding carboxylic acids is 1. The molecule has 1 aromatic carbocycles. The van der Waals surface area contributed by atoms with Crippen LogP contribution in [0.3, 0.4) is 0 Å². The zero-order valence-electron chi connectivity index (χ0n) is 12.0. The largest absolute Gasteiger partial charge is 0.493 e. The highest BCUT2D eigenvalue weighted by Gasteiger charge is 2.20. The van der Waals surface area contributed by atoms with Gasteiger partial charge in [-0.3, -0.25) is 9.78 Å². The molecule has 1 aromatic heterocycles. The van der Waals surface area contributed by atoms with Gasteiger partial charge < -0.3 is 19.5 Å². The number of amides is 1. The van der Waals surface area contributed by atoms with Gasteiger partial charge in [-0.25, -0.2) is 0 Å². The third-order valence-electron chi connectivity index (χ3n) is 2.89. The van der Waals surface area contributed by atoms with Gasteiger partial charge in [-0.15, -0.1) is 0 Å². The number of hydrogen-bond donors (Lipinski definition) is 1. The van der Waals surface area contributed by atoms with Gasteiger partial charge in [0.15, 0.2) is 11.5 Å². The second-order valence-electron chi connectivity index (χ2n) is 4.07. The number of hydrogen-bond acceptors (Lipinski definition) is 5. The molecule has 0 aliphatic carbocycles. The zero-order chi connectivity index (χ0) is 15.2. The molecule has 0 radical (unpaired) electrons. The van der Waals surface area contributed by atoms with Crippen molar-refractivity contribution >= 4 is 11.6 Å². The highest BCUT2D eigenvalue weighted by molar-refractivity contribution is 6.07. The van der Waals surface area contributed by atoms with E-state index in [1.165, 1.54) is 21.3 Å². The first-order valence-corrected chi connectivity index (χ1v) is 6.21. The van der Waals surface area contributed by atoms with E-state index in [9.17, 15) is 4.79 Å². The standard InChI is InChI=1S/C15H16N2O4/c1-19-12-5-4-11(13(20-2)14(12)21-3)15(18)17-10-6-8-16-9-7-10/h4-9H,1-3H3,(H,16,17,18). The van der Waals surface area contributed by atoms with Gasteiger partial charge in [0.25, 0.3) is 5.91 Å². The predicted molar refractivity (Wildman–Crippen MR) is 78.3 cm³/mol. The lowest BCUT2D eigenvalue weighted by atomic mass is 10.1. The molecule has 2 rings (SSSR count). The molecule has 0 saturated heterocycles. The maximum absolute atomic E-state index is 12.4. The molecule has 0 aliphatic rings. The van der Waals surface area contributed by atoms with Crippen LogP contribution in [0.5, 0.6) is 17.2 Å². The molecular weight excluding hydrogens is 272 g/mol. The summed E-state index contributed by atoms with van der Waals surface area (Å²) in [4.78, 5) is 16.3. The summed E-state index contributed by atoms with van der Waals surface area (Å²) in [5.41, 5.74) is 0.999. The molecule has 1 amide bonds. The Morgan fingerprint density at radius 1 is 0.952 bits per heavy atom. The van der Waals surface area contributed by atoms with E-state index in [1.807, 2.05) is 0 Å². The molecule has 0 spiro atoms. The Morgan fingerprint density at radius 2 is 1.62 bits per heavy atom. The van der Waals surface area contributed by atoms with Gasteiger partial charge in [0.2, 0.25) is 5.75 Å². The van der Waals surface area contributed by atoms with Crippen molar-refractivity contribution in [3.8, 4) is 17.2 Å². The maximum Gasteiger partial charge on any atom is 0.259 e. The lowest BCUT2D eigenvalue weighted by Gasteiger charge is -2.15. The van der Waals surface area contributed by atoms with E-state index in [0.717, 1.165) is 0 Å². The minimum Gasteiger partial charge on any atom is -0.493 e. The van der Waals surface area contributed by atoms with Crippen molar-refractivity contribution in [2.75, 3.05) is 26.6 Å². The number of anilines is 1. The van der Waals surface area contributed by atoms with Crippen LogP contribution in [0.4, 0.5) is 5.69 Å². The first-order chi connectivity index (χ1) is 10.2. The smallest absolute Gasteiger partial charge is 0.259 e. The van der Waals surface area contributed by atoms with Crippen molar-refractivity contribution < 1.29 is 19.0 Å². The lowest BCUT2D eigenvalue weighted by Crippen LogP contribution is -2.14. The number of nitrogens with zero attached hydrogens (tertiary/aromatic N) is 1. The first-order valence-electron chi connectivity index (χ1n) is 6.21. The summed E-state index contributed by atoms with van der Waals surface area (Å²) in [7, 11) is 4.49. The van der Waals surface area contributed by atoms with Crippen molar-refractivity contribution in [2.45, 2.75) is 0 Å². The van der Waals surface area contributed by atoms with E-state index in [2.05, 4.69) is 10.3 Å². The predicted octanol–water partition coefficient (Wildman–Crippen LogP) is 2.36. The molecule has 1 N–H and O–H groups in total. The fraction of sp³-hybridized carbons (Fsp3) is 0.200. The van der Waals surface area contributed by atoms with Crippen LogP contribution in [-0.2, 0) is 0 Å². The van der Waals surface area contributed by atoms with Gasteiger partial charge in [0, 0.05) is 18.1 Å². The summed E-state index contributed by atoms with van der Waals surface area (Å²) < 4.78 is 15.7. The first kappa shape index (κ1) is 14.6. The van der Waals surface area contributed by atoms with Crippen LogP contribution in [0, 0.1) is 0 Å². The molecule has 0 aliphatic heterocycles. The summed E-state index contributed by atoms with van der Waals surface area (Å²) in [6.45, 7) is 0. The van der Waals surface area contributed by atoms with E-state index in [4.69, 9.17) is 14.2 Å².